The zero-order valence-electron chi connectivity index (χ0n) is 22.7. The van der Waals surface area contributed by atoms with Gasteiger partial charge in [-0.1, -0.05) is 71.1 Å². The van der Waals surface area contributed by atoms with E-state index in [1.54, 1.807) is 0 Å². The third-order valence-corrected chi connectivity index (χ3v) is 6.66. The molecule has 0 spiro atoms. The van der Waals surface area contributed by atoms with Crippen LogP contribution in [0, 0.1) is 0 Å². The van der Waals surface area contributed by atoms with Crippen LogP contribution >= 0.6 is 0 Å². The molecule has 1 rings (SSSR count). The highest BCUT2D eigenvalue weighted by Gasteiger charge is 2.35. The van der Waals surface area contributed by atoms with Gasteiger partial charge < -0.3 is 28.9 Å². The smallest absolute Gasteiger partial charge is 0.362 e. The maximum atomic E-state index is 12.7. The standard InChI is InChI=1S/C27H52NO7/c1-5-6-7-8-11-14-17-24(34-26(31)21-28(3,4)19-20-33-22(2)29)23(30)16-13-10-9-12-15-18-25-27(32)35-25/h23-25,27,30,32H,5-21H2,1-4H3/q+1. The van der Waals surface area contributed by atoms with Crippen molar-refractivity contribution in [2.24, 2.45) is 0 Å². The molecule has 8 nitrogen and oxygen atoms in total. The van der Waals surface area contributed by atoms with Crippen LogP contribution in [0.25, 0.3) is 0 Å². The van der Waals surface area contributed by atoms with Crippen molar-refractivity contribution in [3.8, 4) is 0 Å². The summed E-state index contributed by atoms with van der Waals surface area (Å²) in [5, 5.41) is 20.0. The number of nitrogens with zero attached hydrogens (tertiary/aromatic N) is 1. The monoisotopic (exact) mass is 502 g/mol. The molecule has 0 aromatic carbocycles. The number of hydrogen-bond acceptors (Lipinski definition) is 7. The number of esters is 2. The summed E-state index contributed by atoms with van der Waals surface area (Å²) in [4.78, 5) is 23.7. The van der Waals surface area contributed by atoms with Gasteiger partial charge in [-0.15, -0.1) is 0 Å². The number of ether oxygens (including phenoxy) is 3. The lowest BCUT2D eigenvalue weighted by Crippen LogP contribution is -2.47. The first-order chi connectivity index (χ1) is 16.6. The fourth-order valence-corrected chi connectivity index (χ4v) is 4.29. The zero-order valence-corrected chi connectivity index (χ0v) is 22.7. The van der Waals surface area contributed by atoms with E-state index in [1.807, 2.05) is 14.1 Å². The Morgan fingerprint density at radius 3 is 2.11 bits per heavy atom. The Balaban J connectivity index is 2.39. The second-order valence-electron chi connectivity index (χ2n) is 10.7. The fourth-order valence-electron chi connectivity index (χ4n) is 4.29. The summed E-state index contributed by atoms with van der Waals surface area (Å²) < 4.78 is 16.2. The van der Waals surface area contributed by atoms with E-state index in [0.717, 1.165) is 51.4 Å². The van der Waals surface area contributed by atoms with Gasteiger partial charge in [0.25, 0.3) is 0 Å². The molecule has 0 amide bonds. The third-order valence-electron chi connectivity index (χ3n) is 6.66. The number of aliphatic hydroxyl groups is 2. The van der Waals surface area contributed by atoms with Gasteiger partial charge in [0.1, 0.15) is 25.4 Å². The Morgan fingerprint density at radius 2 is 1.51 bits per heavy atom. The molecule has 0 aromatic heterocycles. The number of carbonyl (C=O) groups is 2. The maximum Gasteiger partial charge on any atom is 0.362 e. The van der Waals surface area contributed by atoms with Crippen molar-refractivity contribution in [1.82, 2.24) is 0 Å². The van der Waals surface area contributed by atoms with Crippen LogP contribution in [-0.4, -0.2) is 85.0 Å². The molecule has 0 saturated carbocycles. The van der Waals surface area contributed by atoms with Crippen molar-refractivity contribution < 1.29 is 38.5 Å². The van der Waals surface area contributed by atoms with Gasteiger partial charge in [0.15, 0.2) is 12.8 Å². The number of carbonyl (C=O) groups excluding carboxylic acids is 2. The minimum atomic E-state index is -0.652. The lowest BCUT2D eigenvalue weighted by atomic mass is 9.99. The van der Waals surface area contributed by atoms with Crippen LogP contribution in [0.3, 0.4) is 0 Å². The summed E-state index contributed by atoms with van der Waals surface area (Å²) in [6.45, 7) is 4.51. The number of likely N-dealkylation sites (N-methyl/N-ethyl adjacent to an activating group) is 1. The van der Waals surface area contributed by atoms with Gasteiger partial charge in [-0.25, -0.2) is 4.79 Å². The molecule has 1 aliphatic heterocycles. The molecule has 1 aliphatic rings. The van der Waals surface area contributed by atoms with Gasteiger partial charge in [-0.3, -0.25) is 4.79 Å². The molecule has 0 aromatic rings. The molecule has 206 valence electrons. The predicted molar refractivity (Wildman–Crippen MR) is 136 cm³/mol. The molecule has 4 atom stereocenters. The van der Waals surface area contributed by atoms with E-state index in [-0.39, 0.29) is 31.2 Å². The number of quaternary nitrogens is 1. The lowest BCUT2D eigenvalue weighted by Gasteiger charge is -2.30. The molecular formula is C27H52NO7+. The largest absolute Gasteiger partial charge is 0.460 e. The highest BCUT2D eigenvalue weighted by Crippen LogP contribution is 2.25. The van der Waals surface area contributed by atoms with Crippen molar-refractivity contribution in [2.75, 3.05) is 33.8 Å². The Labute approximate surface area is 212 Å². The van der Waals surface area contributed by atoms with Gasteiger partial charge >= 0.3 is 11.9 Å². The topological polar surface area (TPSA) is 106 Å². The Bertz CT molecular complexity index is 584. The summed E-state index contributed by atoms with van der Waals surface area (Å²) in [7, 11) is 3.81. The SMILES string of the molecule is CCCCCCCCC(OC(=O)C[N+](C)(C)CCOC(C)=O)C(O)CCCCCCCC1OC1O. The van der Waals surface area contributed by atoms with E-state index >= 15 is 0 Å². The van der Waals surface area contributed by atoms with Crippen molar-refractivity contribution in [3.05, 3.63) is 0 Å². The second-order valence-corrected chi connectivity index (χ2v) is 10.7. The molecule has 2 N–H and O–H groups in total. The average Bonchev–Trinajstić information content (AvgIpc) is 3.48. The number of unbranched alkanes of at least 4 members (excludes halogenated alkanes) is 9. The maximum absolute atomic E-state index is 12.7. The van der Waals surface area contributed by atoms with Crippen LogP contribution in [0.5, 0.6) is 0 Å². The molecule has 35 heavy (non-hydrogen) atoms. The molecular weight excluding hydrogens is 450 g/mol. The molecule has 8 heteroatoms. The van der Waals surface area contributed by atoms with E-state index in [2.05, 4.69) is 6.92 Å². The normalized spacial score (nSPS) is 19.3. The van der Waals surface area contributed by atoms with E-state index in [9.17, 15) is 19.8 Å². The number of aliphatic hydroxyl groups excluding tert-OH is 2. The number of hydrogen-bond donors (Lipinski definition) is 2. The minimum Gasteiger partial charge on any atom is -0.460 e. The Hall–Kier alpha value is -1.22. The quantitative estimate of drug-likeness (QED) is 0.0994. The number of rotatable bonds is 22. The Kier molecular flexibility index (Phi) is 16.4. The van der Waals surface area contributed by atoms with Gasteiger partial charge in [0.2, 0.25) is 0 Å². The van der Waals surface area contributed by atoms with E-state index < -0.39 is 18.5 Å². The van der Waals surface area contributed by atoms with Gasteiger partial charge in [0, 0.05) is 6.92 Å². The first kappa shape index (κ1) is 31.8. The Morgan fingerprint density at radius 1 is 0.943 bits per heavy atom. The summed E-state index contributed by atoms with van der Waals surface area (Å²) >= 11 is 0. The summed E-state index contributed by atoms with van der Waals surface area (Å²) in [5.41, 5.74) is 0. The van der Waals surface area contributed by atoms with Crippen LogP contribution < -0.4 is 0 Å². The summed E-state index contributed by atoms with van der Waals surface area (Å²) in [6.07, 6.45) is 12.6. The van der Waals surface area contributed by atoms with Crippen molar-refractivity contribution >= 4 is 11.9 Å². The van der Waals surface area contributed by atoms with E-state index in [4.69, 9.17) is 14.2 Å². The van der Waals surface area contributed by atoms with E-state index in [1.165, 1.54) is 32.6 Å². The van der Waals surface area contributed by atoms with Gasteiger partial charge in [-0.05, 0) is 25.7 Å². The average molecular weight is 503 g/mol. The first-order valence-electron chi connectivity index (χ1n) is 13.8. The van der Waals surface area contributed by atoms with Crippen LogP contribution in [0.2, 0.25) is 0 Å². The van der Waals surface area contributed by atoms with Crippen molar-refractivity contribution in [2.45, 2.75) is 128 Å². The second kappa shape index (κ2) is 18.1. The molecule has 0 bridgehead atoms. The van der Waals surface area contributed by atoms with Crippen LogP contribution in [0.4, 0.5) is 0 Å². The van der Waals surface area contributed by atoms with Gasteiger partial charge in [-0.2, -0.15) is 0 Å². The predicted octanol–water partition coefficient (Wildman–Crippen LogP) is 4.10. The lowest BCUT2D eigenvalue weighted by molar-refractivity contribution is -0.883. The van der Waals surface area contributed by atoms with Crippen molar-refractivity contribution in [3.63, 3.8) is 0 Å². The zero-order chi connectivity index (χ0) is 26.1. The van der Waals surface area contributed by atoms with Crippen LogP contribution in [0.1, 0.15) is 104 Å². The molecule has 4 unspecified atom stereocenters. The molecule has 0 aliphatic carbocycles. The fraction of sp³-hybridized carbons (Fsp3) is 0.926. The van der Waals surface area contributed by atoms with Crippen molar-refractivity contribution in [1.29, 1.82) is 0 Å². The molecule has 0 radical (unpaired) electrons. The first-order valence-corrected chi connectivity index (χ1v) is 13.8. The summed E-state index contributed by atoms with van der Waals surface area (Å²) in [6, 6.07) is 0. The van der Waals surface area contributed by atoms with E-state index in [0.29, 0.717) is 23.9 Å². The summed E-state index contributed by atoms with van der Waals surface area (Å²) in [5.74, 6) is -0.650. The molecule has 1 saturated heterocycles. The molecule has 1 heterocycles. The highest BCUT2D eigenvalue weighted by molar-refractivity contribution is 5.70. The third kappa shape index (κ3) is 17.0. The molecule has 1 fully saturated rings. The van der Waals surface area contributed by atoms with Crippen LogP contribution in [0.15, 0.2) is 0 Å². The van der Waals surface area contributed by atoms with Crippen LogP contribution in [-0.2, 0) is 23.8 Å². The minimum absolute atomic E-state index is 0.0412. The number of epoxide rings is 1. The van der Waals surface area contributed by atoms with Gasteiger partial charge in [0.05, 0.1) is 20.2 Å². The highest BCUT2D eigenvalue weighted by atomic mass is 16.7.